The van der Waals surface area contributed by atoms with Gasteiger partial charge in [0, 0.05) is 17.7 Å². The van der Waals surface area contributed by atoms with Crippen molar-refractivity contribution in [2.75, 3.05) is 0 Å². The van der Waals surface area contributed by atoms with Crippen LogP contribution in [-0.2, 0) is 4.79 Å². The molecular formula is C15H12FNO3. The van der Waals surface area contributed by atoms with Crippen molar-refractivity contribution in [2.45, 2.75) is 0 Å². The number of hydroxylamine groups is 1. The number of hydrogen-bond acceptors (Lipinski definition) is 3. The van der Waals surface area contributed by atoms with Crippen LogP contribution in [0.15, 0.2) is 54.6 Å². The second kappa shape index (κ2) is 6.49. The molecule has 20 heavy (non-hydrogen) atoms. The number of amides is 1. The number of hydrogen-bond donors (Lipinski definition) is 2. The number of ether oxygens (including phenoxy) is 1. The highest BCUT2D eigenvalue weighted by atomic mass is 19.1. The Hall–Kier alpha value is -2.66. The van der Waals surface area contributed by atoms with Crippen molar-refractivity contribution in [1.29, 1.82) is 0 Å². The van der Waals surface area contributed by atoms with Gasteiger partial charge >= 0.3 is 0 Å². The van der Waals surface area contributed by atoms with E-state index in [2.05, 4.69) is 0 Å². The fraction of sp³-hybridized carbons (Fsp3) is 0. The van der Waals surface area contributed by atoms with E-state index in [0.29, 0.717) is 17.1 Å². The van der Waals surface area contributed by atoms with Crippen LogP contribution >= 0.6 is 0 Å². The second-order valence-corrected chi connectivity index (χ2v) is 3.91. The minimum Gasteiger partial charge on any atom is -0.457 e. The predicted octanol–water partition coefficient (Wildman–Crippen LogP) is 3.14. The van der Waals surface area contributed by atoms with Crippen molar-refractivity contribution in [3.8, 4) is 11.5 Å². The molecule has 0 spiro atoms. The summed E-state index contributed by atoms with van der Waals surface area (Å²) in [5.41, 5.74) is 2.12. The van der Waals surface area contributed by atoms with Crippen molar-refractivity contribution < 1.29 is 19.1 Å². The van der Waals surface area contributed by atoms with Crippen LogP contribution < -0.4 is 10.2 Å². The van der Waals surface area contributed by atoms with Gasteiger partial charge in [0.1, 0.15) is 17.3 Å². The van der Waals surface area contributed by atoms with Gasteiger partial charge in [0.25, 0.3) is 5.91 Å². The maximum atomic E-state index is 13.1. The topological polar surface area (TPSA) is 58.6 Å². The van der Waals surface area contributed by atoms with Gasteiger partial charge in [-0.05, 0) is 24.3 Å². The first kappa shape index (κ1) is 13.8. The zero-order chi connectivity index (χ0) is 14.4. The predicted molar refractivity (Wildman–Crippen MR) is 71.9 cm³/mol. The lowest BCUT2D eigenvalue weighted by molar-refractivity contribution is -0.124. The lowest BCUT2D eigenvalue weighted by Crippen LogP contribution is -2.14. The number of halogens is 1. The Kier molecular flexibility index (Phi) is 4.47. The molecule has 0 heterocycles. The van der Waals surface area contributed by atoms with Gasteiger partial charge in [-0.15, -0.1) is 0 Å². The van der Waals surface area contributed by atoms with Crippen molar-refractivity contribution in [3.63, 3.8) is 0 Å². The third kappa shape index (κ3) is 3.66. The van der Waals surface area contributed by atoms with Crippen LogP contribution in [0.2, 0.25) is 0 Å². The van der Waals surface area contributed by atoms with E-state index in [1.165, 1.54) is 23.7 Å². The zero-order valence-electron chi connectivity index (χ0n) is 10.4. The average molecular weight is 273 g/mol. The van der Waals surface area contributed by atoms with Gasteiger partial charge in [-0.1, -0.05) is 24.3 Å². The standard InChI is InChI=1S/C15H12FNO3/c16-12-5-3-6-13(10-12)20-14-7-2-1-4-11(14)8-9-15(18)17-19/h1-10,19H,(H,17,18)/b9-8+. The molecule has 0 fully saturated rings. The Labute approximate surface area is 115 Å². The summed E-state index contributed by atoms with van der Waals surface area (Å²) in [6, 6.07) is 12.7. The van der Waals surface area contributed by atoms with E-state index in [-0.39, 0.29) is 0 Å². The van der Waals surface area contributed by atoms with E-state index in [9.17, 15) is 9.18 Å². The summed E-state index contributed by atoms with van der Waals surface area (Å²) in [5.74, 6) is -0.210. The molecule has 0 saturated carbocycles. The van der Waals surface area contributed by atoms with Gasteiger partial charge in [-0.2, -0.15) is 0 Å². The highest BCUT2D eigenvalue weighted by molar-refractivity contribution is 5.91. The van der Waals surface area contributed by atoms with Crippen molar-refractivity contribution in [3.05, 3.63) is 66.0 Å². The number of nitrogens with one attached hydrogen (secondary N) is 1. The number of para-hydroxylation sites is 1. The van der Waals surface area contributed by atoms with Gasteiger partial charge in [0.05, 0.1) is 0 Å². The SMILES string of the molecule is O=C(/C=C/c1ccccc1Oc1cccc(F)c1)NO. The fourth-order valence-corrected chi connectivity index (χ4v) is 1.57. The van der Waals surface area contributed by atoms with Crippen LogP contribution in [0.3, 0.4) is 0 Å². The molecule has 0 atom stereocenters. The van der Waals surface area contributed by atoms with Gasteiger partial charge < -0.3 is 4.74 Å². The molecule has 0 radical (unpaired) electrons. The molecule has 2 N–H and O–H groups in total. The third-order valence-corrected chi connectivity index (χ3v) is 2.47. The van der Waals surface area contributed by atoms with Gasteiger partial charge in [0.2, 0.25) is 0 Å². The summed E-state index contributed by atoms with van der Waals surface area (Å²) in [7, 11) is 0. The van der Waals surface area contributed by atoms with E-state index in [1.807, 2.05) is 0 Å². The molecule has 0 unspecified atom stereocenters. The summed E-state index contributed by atoms with van der Waals surface area (Å²) in [4.78, 5) is 11.0. The van der Waals surface area contributed by atoms with Crippen LogP contribution in [0.5, 0.6) is 11.5 Å². The Balaban J connectivity index is 2.24. The number of carbonyl (C=O) groups is 1. The molecule has 0 bridgehead atoms. The lowest BCUT2D eigenvalue weighted by Gasteiger charge is -2.08. The number of rotatable bonds is 4. The Morgan fingerprint density at radius 1 is 1.20 bits per heavy atom. The van der Waals surface area contributed by atoms with Crippen LogP contribution in [0.1, 0.15) is 5.56 Å². The first-order valence-corrected chi connectivity index (χ1v) is 5.83. The molecule has 0 aliphatic carbocycles. The monoisotopic (exact) mass is 273 g/mol. The molecule has 0 aliphatic heterocycles. The van der Waals surface area contributed by atoms with Crippen LogP contribution in [0.4, 0.5) is 4.39 Å². The van der Waals surface area contributed by atoms with Crippen LogP contribution in [-0.4, -0.2) is 11.1 Å². The molecule has 1 amide bonds. The summed E-state index contributed by atoms with van der Waals surface area (Å²) in [5, 5.41) is 8.42. The fourth-order valence-electron chi connectivity index (χ4n) is 1.57. The number of carbonyl (C=O) groups excluding carboxylic acids is 1. The van der Waals surface area contributed by atoms with Crippen LogP contribution in [0, 0.1) is 5.82 Å². The van der Waals surface area contributed by atoms with Crippen molar-refractivity contribution in [2.24, 2.45) is 0 Å². The quantitative estimate of drug-likeness (QED) is 0.511. The van der Waals surface area contributed by atoms with E-state index in [0.717, 1.165) is 6.08 Å². The molecule has 2 aromatic rings. The highest BCUT2D eigenvalue weighted by Gasteiger charge is 2.03. The normalized spacial score (nSPS) is 10.5. The zero-order valence-corrected chi connectivity index (χ0v) is 10.4. The third-order valence-electron chi connectivity index (χ3n) is 2.47. The minimum absolute atomic E-state index is 0.359. The number of benzene rings is 2. The second-order valence-electron chi connectivity index (χ2n) is 3.91. The summed E-state index contributed by atoms with van der Waals surface area (Å²) >= 11 is 0. The Morgan fingerprint density at radius 3 is 2.75 bits per heavy atom. The smallest absolute Gasteiger partial charge is 0.267 e. The lowest BCUT2D eigenvalue weighted by atomic mass is 10.2. The van der Waals surface area contributed by atoms with Crippen LogP contribution in [0.25, 0.3) is 6.08 Å². The first-order chi connectivity index (χ1) is 9.69. The summed E-state index contributed by atoms with van der Waals surface area (Å²) in [6.07, 6.45) is 2.65. The van der Waals surface area contributed by atoms with E-state index in [1.54, 1.807) is 36.4 Å². The molecule has 0 saturated heterocycles. The van der Waals surface area contributed by atoms with Gasteiger partial charge in [-0.25, -0.2) is 9.87 Å². The summed E-state index contributed by atoms with van der Waals surface area (Å²) < 4.78 is 18.7. The molecule has 2 rings (SSSR count). The molecule has 5 heteroatoms. The van der Waals surface area contributed by atoms with Crippen molar-refractivity contribution >= 4 is 12.0 Å². The first-order valence-electron chi connectivity index (χ1n) is 5.83. The molecule has 2 aromatic carbocycles. The van der Waals surface area contributed by atoms with Crippen molar-refractivity contribution in [1.82, 2.24) is 5.48 Å². The summed E-state index contributed by atoms with van der Waals surface area (Å²) in [6.45, 7) is 0. The maximum Gasteiger partial charge on any atom is 0.267 e. The molecular weight excluding hydrogens is 261 g/mol. The average Bonchev–Trinajstić information content (AvgIpc) is 2.46. The maximum absolute atomic E-state index is 13.1. The van der Waals surface area contributed by atoms with E-state index in [4.69, 9.17) is 9.94 Å². The minimum atomic E-state index is -0.648. The highest BCUT2D eigenvalue weighted by Crippen LogP contribution is 2.26. The molecule has 4 nitrogen and oxygen atoms in total. The Bertz CT molecular complexity index is 641. The largest absolute Gasteiger partial charge is 0.457 e. The van der Waals surface area contributed by atoms with Gasteiger partial charge in [0.15, 0.2) is 0 Å². The molecule has 0 aromatic heterocycles. The van der Waals surface area contributed by atoms with E-state index < -0.39 is 11.7 Å². The van der Waals surface area contributed by atoms with E-state index >= 15 is 0 Å². The Morgan fingerprint density at radius 2 is 2.00 bits per heavy atom. The van der Waals surface area contributed by atoms with Gasteiger partial charge in [-0.3, -0.25) is 10.0 Å². The molecule has 0 aliphatic rings. The molecule has 102 valence electrons.